The van der Waals surface area contributed by atoms with Gasteiger partial charge in [-0.15, -0.1) is 0 Å². The predicted octanol–water partition coefficient (Wildman–Crippen LogP) is 3.43. The number of hydrogen-bond donors (Lipinski definition) is 4. The van der Waals surface area contributed by atoms with Gasteiger partial charge in [-0.25, -0.2) is 10.8 Å². The van der Waals surface area contributed by atoms with Crippen molar-refractivity contribution in [3.63, 3.8) is 0 Å². The van der Waals surface area contributed by atoms with E-state index in [1.807, 2.05) is 42.5 Å². The van der Waals surface area contributed by atoms with E-state index in [-0.39, 0.29) is 5.92 Å². The maximum Gasteiger partial charge on any atom is 0.172 e. The number of hydrazine groups is 1. The van der Waals surface area contributed by atoms with Crippen molar-refractivity contribution in [1.82, 2.24) is 4.98 Å². The molecule has 4 rings (SSSR count). The fourth-order valence-electron chi connectivity index (χ4n) is 4.28. The third-order valence-electron chi connectivity index (χ3n) is 5.77. The van der Waals surface area contributed by atoms with Crippen LogP contribution >= 0.6 is 0 Å². The van der Waals surface area contributed by atoms with E-state index in [0.29, 0.717) is 43.4 Å². The van der Waals surface area contributed by atoms with Crippen molar-refractivity contribution in [3.05, 3.63) is 83.4 Å². The second-order valence-corrected chi connectivity index (χ2v) is 7.81. The fraction of sp³-hybridized carbons (Fsp3) is 0.292. The molecule has 7 N–H and O–H groups in total. The Morgan fingerprint density at radius 3 is 2.26 bits per heavy atom. The van der Waals surface area contributed by atoms with Crippen molar-refractivity contribution >= 4 is 17.3 Å². The number of aromatic nitrogens is 1. The van der Waals surface area contributed by atoms with Crippen LogP contribution in [-0.4, -0.2) is 24.0 Å². The van der Waals surface area contributed by atoms with Crippen LogP contribution in [0.1, 0.15) is 35.4 Å². The molecular formula is C24H29N5O2. The van der Waals surface area contributed by atoms with Gasteiger partial charge in [0, 0.05) is 18.8 Å². The molecule has 0 radical (unpaired) electrons. The first-order valence-electron chi connectivity index (χ1n) is 10.5. The van der Waals surface area contributed by atoms with E-state index in [4.69, 9.17) is 26.8 Å². The minimum Gasteiger partial charge on any atom is -0.395 e. The number of nitrogens with one attached hydrogen (secondary N) is 1. The van der Waals surface area contributed by atoms with Gasteiger partial charge in [0.25, 0.3) is 0 Å². The zero-order valence-electron chi connectivity index (χ0n) is 17.5. The Labute approximate surface area is 182 Å². The summed E-state index contributed by atoms with van der Waals surface area (Å²) in [6, 6.07) is 22.3. The van der Waals surface area contributed by atoms with Gasteiger partial charge in [-0.3, -0.25) is 0 Å². The Bertz CT molecular complexity index is 992. The number of pyridine rings is 1. The van der Waals surface area contributed by atoms with Crippen molar-refractivity contribution in [1.29, 1.82) is 0 Å². The second-order valence-electron chi connectivity index (χ2n) is 7.81. The third-order valence-corrected chi connectivity index (χ3v) is 5.77. The maximum atomic E-state index is 6.42. The molecule has 1 fully saturated rings. The van der Waals surface area contributed by atoms with E-state index in [2.05, 4.69) is 34.7 Å². The molecule has 7 nitrogen and oxygen atoms in total. The smallest absolute Gasteiger partial charge is 0.172 e. The van der Waals surface area contributed by atoms with Crippen LogP contribution in [0.5, 0.6) is 0 Å². The summed E-state index contributed by atoms with van der Waals surface area (Å²) in [5.41, 5.74) is 18.7. The van der Waals surface area contributed by atoms with E-state index in [1.165, 1.54) is 5.56 Å². The normalized spacial score (nSPS) is 16.2. The Balaban J connectivity index is 1.65. The molecule has 1 saturated heterocycles. The second kappa shape index (κ2) is 9.34. The summed E-state index contributed by atoms with van der Waals surface area (Å²) in [5, 5.41) is 0. The summed E-state index contributed by atoms with van der Waals surface area (Å²) < 4.78 is 12.3. The number of benzene rings is 2. The van der Waals surface area contributed by atoms with Crippen molar-refractivity contribution < 1.29 is 9.47 Å². The van der Waals surface area contributed by atoms with Gasteiger partial charge in [0.2, 0.25) is 0 Å². The van der Waals surface area contributed by atoms with Crippen LogP contribution in [0.3, 0.4) is 0 Å². The van der Waals surface area contributed by atoms with E-state index in [0.717, 1.165) is 17.5 Å². The molecule has 2 heterocycles. The number of hydrogen-bond acceptors (Lipinski definition) is 7. The highest BCUT2D eigenvalue weighted by Crippen LogP contribution is 2.40. The van der Waals surface area contributed by atoms with Crippen LogP contribution < -0.4 is 22.7 Å². The number of nitrogens with two attached hydrogens (primary N) is 3. The minimum absolute atomic E-state index is 0.0148. The van der Waals surface area contributed by atoms with Crippen LogP contribution in [0.4, 0.5) is 17.3 Å². The van der Waals surface area contributed by atoms with Gasteiger partial charge in [-0.05, 0) is 29.2 Å². The van der Waals surface area contributed by atoms with E-state index in [9.17, 15) is 0 Å². The quantitative estimate of drug-likeness (QED) is 0.326. The number of ether oxygens (including phenoxy) is 2. The number of rotatable bonds is 8. The van der Waals surface area contributed by atoms with Gasteiger partial charge in [0.05, 0.1) is 18.9 Å². The molecule has 0 saturated carbocycles. The number of nitrogens with zero attached hydrogens (tertiary/aromatic N) is 1. The molecular weight excluding hydrogens is 390 g/mol. The lowest BCUT2D eigenvalue weighted by molar-refractivity contribution is -0.162. The Kier molecular flexibility index (Phi) is 6.36. The predicted molar refractivity (Wildman–Crippen MR) is 123 cm³/mol. The minimum atomic E-state index is -0.656. The lowest BCUT2D eigenvalue weighted by Gasteiger charge is -2.30. The largest absolute Gasteiger partial charge is 0.395 e. The summed E-state index contributed by atoms with van der Waals surface area (Å²) in [6.45, 7) is 1.18. The first kappa shape index (κ1) is 21.1. The van der Waals surface area contributed by atoms with Crippen molar-refractivity contribution in [3.8, 4) is 0 Å². The molecule has 0 aliphatic carbocycles. The van der Waals surface area contributed by atoms with Crippen molar-refractivity contribution in [2.24, 2.45) is 5.84 Å². The summed E-state index contributed by atoms with van der Waals surface area (Å²) >= 11 is 0. The van der Waals surface area contributed by atoms with Gasteiger partial charge in [0.15, 0.2) is 11.6 Å². The van der Waals surface area contributed by atoms with Gasteiger partial charge >= 0.3 is 0 Å². The molecule has 31 heavy (non-hydrogen) atoms. The molecule has 1 aliphatic rings. The molecule has 1 unspecified atom stereocenters. The van der Waals surface area contributed by atoms with Crippen LogP contribution in [0, 0.1) is 0 Å². The molecule has 1 atom stereocenters. The zero-order valence-corrected chi connectivity index (χ0v) is 17.5. The average Bonchev–Trinajstić information content (AvgIpc) is 3.25. The molecule has 2 aromatic carbocycles. The van der Waals surface area contributed by atoms with Crippen molar-refractivity contribution in [2.75, 3.05) is 30.1 Å². The summed E-state index contributed by atoms with van der Waals surface area (Å²) in [5.74, 6) is 5.69. The summed E-state index contributed by atoms with van der Waals surface area (Å²) in [7, 11) is 0. The molecule has 0 bridgehead atoms. The average molecular weight is 420 g/mol. The van der Waals surface area contributed by atoms with Gasteiger partial charge in [-0.2, -0.15) is 0 Å². The zero-order chi connectivity index (χ0) is 21.7. The standard InChI is InChI=1S/C24H29N5O2/c25-21-15-20(22(26)23(28-21)29-27)19(18-9-5-2-6-10-18)11-12-24(30-13-14-31-24)16-17-7-3-1-4-8-17/h1-10,15,19H,11-14,16,26-27H2,(H3,25,28,29). The summed E-state index contributed by atoms with van der Waals surface area (Å²) in [6.07, 6.45) is 2.15. The first-order chi connectivity index (χ1) is 15.1. The molecule has 3 aromatic rings. The Morgan fingerprint density at radius 1 is 0.968 bits per heavy atom. The SMILES string of the molecule is NNc1nc(N)cc(C(CCC2(Cc3ccccc3)OCCO2)c2ccccc2)c1N. The highest BCUT2D eigenvalue weighted by atomic mass is 16.7. The molecule has 7 heteroatoms. The fourth-order valence-corrected chi connectivity index (χ4v) is 4.28. The maximum absolute atomic E-state index is 6.42. The van der Waals surface area contributed by atoms with Gasteiger partial charge < -0.3 is 26.4 Å². The summed E-state index contributed by atoms with van der Waals surface area (Å²) in [4.78, 5) is 4.20. The van der Waals surface area contributed by atoms with Crippen LogP contribution in [0.25, 0.3) is 0 Å². The lowest BCUT2D eigenvalue weighted by atomic mass is 9.84. The Morgan fingerprint density at radius 2 is 1.61 bits per heavy atom. The number of nitrogen functional groups attached to an aromatic ring is 3. The first-order valence-corrected chi connectivity index (χ1v) is 10.5. The van der Waals surface area contributed by atoms with E-state index < -0.39 is 5.79 Å². The molecule has 162 valence electrons. The lowest BCUT2D eigenvalue weighted by Crippen LogP contribution is -2.33. The third kappa shape index (κ3) is 4.80. The van der Waals surface area contributed by atoms with Crippen LogP contribution in [0.2, 0.25) is 0 Å². The van der Waals surface area contributed by atoms with Crippen LogP contribution in [-0.2, 0) is 15.9 Å². The van der Waals surface area contributed by atoms with Crippen LogP contribution in [0.15, 0.2) is 66.7 Å². The molecule has 0 amide bonds. The molecule has 1 aliphatic heterocycles. The van der Waals surface area contributed by atoms with E-state index >= 15 is 0 Å². The highest BCUT2D eigenvalue weighted by Gasteiger charge is 2.37. The molecule has 1 aromatic heterocycles. The van der Waals surface area contributed by atoms with E-state index in [1.54, 1.807) is 0 Å². The topological polar surface area (TPSA) is 121 Å². The molecule has 0 spiro atoms. The number of anilines is 3. The van der Waals surface area contributed by atoms with Gasteiger partial charge in [-0.1, -0.05) is 60.7 Å². The van der Waals surface area contributed by atoms with Crippen molar-refractivity contribution in [2.45, 2.75) is 31.0 Å². The van der Waals surface area contributed by atoms with Gasteiger partial charge in [0.1, 0.15) is 5.82 Å². The monoisotopic (exact) mass is 419 g/mol. The Hall–Kier alpha value is -3.13. The highest BCUT2D eigenvalue weighted by molar-refractivity contribution is 5.70.